The van der Waals surface area contributed by atoms with Crippen LogP contribution in [0.25, 0.3) is 0 Å². The van der Waals surface area contributed by atoms with Crippen LogP contribution in [-0.2, 0) is 19.0 Å². The van der Waals surface area contributed by atoms with E-state index >= 15 is 0 Å². The first-order chi connectivity index (χ1) is 14.3. The largest absolute Gasteiger partial charge is 0.416 e. The molecule has 11 heteroatoms. The third-order valence-electron chi connectivity index (χ3n) is 5.68. The highest BCUT2D eigenvalue weighted by Crippen LogP contribution is 2.35. The van der Waals surface area contributed by atoms with Gasteiger partial charge in [0.25, 0.3) is 0 Å². The Bertz CT molecular complexity index is 925. The number of nitrogens with one attached hydrogen (secondary N) is 2. The zero-order chi connectivity index (χ0) is 21.3. The molecule has 4 rings (SSSR count). The number of aryl methyl sites for hydroxylation is 1. The van der Waals surface area contributed by atoms with Crippen LogP contribution >= 0.6 is 24.8 Å². The molecule has 178 valence electrons. The molecule has 2 heterocycles. The van der Waals surface area contributed by atoms with Crippen LogP contribution in [0.2, 0.25) is 0 Å². The van der Waals surface area contributed by atoms with Gasteiger partial charge in [0.05, 0.1) is 11.3 Å². The first-order valence-corrected chi connectivity index (χ1v) is 10.5. The third kappa shape index (κ3) is 5.88. The van der Waals surface area contributed by atoms with E-state index in [1.807, 2.05) is 0 Å². The minimum atomic E-state index is -4.47. The Balaban J connectivity index is 0.00000181. The van der Waals surface area contributed by atoms with E-state index in [0.29, 0.717) is 12.0 Å². The van der Waals surface area contributed by atoms with Gasteiger partial charge in [0, 0.05) is 36.1 Å². The number of rotatable bonds is 5. The number of aromatic nitrogens is 2. The van der Waals surface area contributed by atoms with Crippen LogP contribution in [0.15, 0.2) is 18.2 Å². The molecule has 4 N–H and O–H groups in total. The fourth-order valence-corrected chi connectivity index (χ4v) is 4.32. The normalized spacial score (nSPS) is 17.9. The molecule has 1 saturated heterocycles. The number of benzene rings is 1. The molecule has 1 fully saturated rings. The lowest BCUT2D eigenvalue weighted by molar-refractivity contribution is -0.137. The monoisotopic (exact) mass is 492 g/mol. The van der Waals surface area contributed by atoms with Gasteiger partial charge in [-0.3, -0.25) is 0 Å². The van der Waals surface area contributed by atoms with Gasteiger partial charge in [-0.25, -0.2) is 4.98 Å². The lowest BCUT2D eigenvalue weighted by atomic mass is 9.96. The van der Waals surface area contributed by atoms with E-state index in [1.165, 1.54) is 11.6 Å². The summed E-state index contributed by atoms with van der Waals surface area (Å²) in [6, 6.07) is 3.85. The number of nitrogens with zero attached hydrogens (tertiary/aromatic N) is 3. The molecule has 2 aliphatic rings. The van der Waals surface area contributed by atoms with Gasteiger partial charge in [-0.15, -0.1) is 24.8 Å². The van der Waals surface area contributed by atoms with E-state index in [1.54, 1.807) is 0 Å². The van der Waals surface area contributed by atoms with Crippen LogP contribution in [0.1, 0.15) is 43.0 Å². The number of halogens is 5. The van der Waals surface area contributed by atoms with Crippen molar-refractivity contribution in [2.45, 2.75) is 51.2 Å². The standard InChI is InChI=1S/C21H27F3N6.2ClH/c1-2-26-15-7-8-30(12-15)19-17-5-3-4-6-18(17)28-20(29-19)27-16-10-13(21(22,23)24)9-14(25)11-16;;/h9-11,15,26H,2-8,12,25H2,1H3,(H,27,28,29);2*1H/t15-;;/m0../s1. The fraction of sp³-hybridized carbons (Fsp3) is 0.524. The molecule has 1 aliphatic heterocycles. The number of likely N-dealkylation sites (N-methyl/N-ethyl adjacent to an activating group) is 1. The molecule has 6 nitrogen and oxygen atoms in total. The summed E-state index contributed by atoms with van der Waals surface area (Å²) in [6.07, 6.45) is 0.521. The van der Waals surface area contributed by atoms with Crippen molar-refractivity contribution in [3.05, 3.63) is 35.0 Å². The van der Waals surface area contributed by atoms with Crippen LogP contribution < -0.4 is 21.3 Å². The second-order valence-electron chi connectivity index (χ2n) is 7.96. The quantitative estimate of drug-likeness (QED) is 0.523. The molecule has 32 heavy (non-hydrogen) atoms. The van der Waals surface area contributed by atoms with Crippen molar-refractivity contribution < 1.29 is 13.2 Å². The van der Waals surface area contributed by atoms with Crippen molar-refractivity contribution in [3.8, 4) is 0 Å². The molecule has 1 aromatic heterocycles. The van der Waals surface area contributed by atoms with E-state index in [-0.39, 0.29) is 36.2 Å². The second-order valence-corrected chi connectivity index (χ2v) is 7.96. The van der Waals surface area contributed by atoms with Crippen LogP contribution in [0, 0.1) is 0 Å². The maximum Gasteiger partial charge on any atom is 0.416 e. The maximum atomic E-state index is 13.2. The smallest absolute Gasteiger partial charge is 0.399 e. The molecule has 1 aliphatic carbocycles. The minimum Gasteiger partial charge on any atom is -0.399 e. The topological polar surface area (TPSA) is 79.1 Å². The maximum absolute atomic E-state index is 13.2. The molecule has 1 aromatic carbocycles. The number of hydrogen-bond acceptors (Lipinski definition) is 6. The number of fused-ring (bicyclic) bond motifs is 1. The van der Waals surface area contributed by atoms with Gasteiger partial charge in [0.15, 0.2) is 0 Å². The summed E-state index contributed by atoms with van der Waals surface area (Å²) in [7, 11) is 0. The predicted octanol–water partition coefficient (Wildman–Crippen LogP) is 4.73. The van der Waals surface area contributed by atoms with E-state index in [9.17, 15) is 13.2 Å². The number of alkyl halides is 3. The highest BCUT2D eigenvalue weighted by Gasteiger charge is 2.31. The Hall–Kier alpha value is -1.97. The Kier molecular flexibility index (Phi) is 8.84. The lowest BCUT2D eigenvalue weighted by Crippen LogP contribution is -2.33. The van der Waals surface area contributed by atoms with Crippen molar-refractivity contribution in [3.63, 3.8) is 0 Å². The Morgan fingerprint density at radius 2 is 1.88 bits per heavy atom. The minimum absolute atomic E-state index is 0. The van der Waals surface area contributed by atoms with E-state index in [2.05, 4.69) is 27.4 Å². The van der Waals surface area contributed by atoms with Gasteiger partial charge < -0.3 is 21.3 Å². The average Bonchev–Trinajstić information content (AvgIpc) is 3.15. The summed E-state index contributed by atoms with van der Waals surface area (Å²) in [5, 5.41) is 6.45. The fourth-order valence-electron chi connectivity index (χ4n) is 4.32. The molecule has 1 atom stereocenters. The number of nitrogens with two attached hydrogens (primary N) is 1. The number of nitrogen functional groups attached to an aromatic ring is 1. The van der Waals surface area contributed by atoms with Gasteiger partial charge in [0.2, 0.25) is 5.95 Å². The van der Waals surface area contributed by atoms with E-state index in [4.69, 9.17) is 10.7 Å². The highest BCUT2D eigenvalue weighted by atomic mass is 35.5. The van der Waals surface area contributed by atoms with Gasteiger partial charge in [0.1, 0.15) is 5.82 Å². The van der Waals surface area contributed by atoms with Crippen molar-refractivity contribution >= 4 is 48.0 Å². The van der Waals surface area contributed by atoms with Crippen LogP contribution in [-0.4, -0.2) is 35.6 Å². The summed E-state index contributed by atoms with van der Waals surface area (Å²) in [5.74, 6) is 1.22. The van der Waals surface area contributed by atoms with Gasteiger partial charge in [-0.1, -0.05) is 6.92 Å². The Morgan fingerprint density at radius 1 is 1.12 bits per heavy atom. The zero-order valence-corrected chi connectivity index (χ0v) is 19.5. The average molecular weight is 493 g/mol. The molecule has 0 unspecified atom stereocenters. The predicted molar refractivity (Wildman–Crippen MR) is 127 cm³/mol. The first-order valence-electron chi connectivity index (χ1n) is 10.5. The summed E-state index contributed by atoms with van der Waals surface area (Å²) < 4.78 is 39.5. The Labute approximate surface area is 198 Å². The Morgan fingerprint density at radius 3 is 2.59 bits per heavy atom. The number of hydrogen-bond donors (Lipinski definition) is 3. The third-order valence-corrected chi connectivity index (χ3v) is 5.68. The van der Waals surface area contributed by atoms with Gasteiger partial charge in [-0.05, 0) is 56.8 Å². The molecular weight excluding hydrogens is 464 g/mol. The van der Waals surface area contributed by atoms with Crippen LogP contribution in [0.4, 0.5) is 36.3 Å². The number of anilines is 4. The van der Waals surface area contributed by atoms with Crippen molar-refractivity contribution in [2.24, 2.45) is 0 Å². The van der Waals surface area contributed by atoms with Gasteiger partial charge >= 0.3 is 6.18 Å². The van der Waals surface area contributed by atoms with Crippen molar-refractivity contribution in [1.29, 1.82) is 0 Å². The molecule has 0 bridgehead atoms. The molecule has 0 saturated carbocycles. The lowest BCUT2D eigenvalue weighted by Gasteiger charge is -2.26. The van der Waals surface area contributed by atoms with Crippen molar-refractivity contribution in [1.82, 2.24) is 15.3 Å². The molecule has 0 radical (unpaired) electrons. The molecule has 0 spiro atoms. The second kappa shape index (κ2) is 10.8. The van der Waals surface area contributed by atoms with Crippen LogP contribution in [0.5, 0.6) is 0 Å². The summed E-state index contributed by atoms with van der Waals surface area (Å²) in [5.41, 5.74) is 7.34. The molecular formula is C21H29Cl2F3N6. The van der Waals surface area contributed by atoms with E-state index in [0.717, 1.165) is 75.4 Å². The summed E-state index contributed by atoms with van der Waals surface area (Å²) in [6.45, 7) is 4.78. The highest BCUT2D eigenvalue weighted by molar-refractivity contribution is 5.85. The first kappa shape index (κ1) is 26.3. The zero-order valence-electron chi connectivity index (χ0n) is 17.8. The molecule has 0 amide bonds. The molecule has 2 aromatic rings. The van der Waals surface area contributed by atoms with Crippen molar-refractivity contribution in [2.75, 3.05) is 35.6 Å². The summed E-state index contributed by atoms with van der Waals surface area (Å²) >= 11 is 0. The summed E-state index contributed by atoms with van der Waals surface area (Å²) in [4.78, 5) is 11.6. The van der Waals surface area contributed by atoms with E-state index < -0.39 is 11.7 Å². The van der Waals surface area contributed by atoms with Crippen LogP contribution in [0.3, 0.4) is 0 Å². The SMILES string of the molecule is CCN[C@H]1CCN(c2nc(Nc3cc(N)cc(C(F)(F)F)c3)nc3c2CCCC3)C1.Cl.Cl. The van der Waals surface area contributed by atoms with Gasteiger partial charge in [-0.2, -0.15) is 18.2 Å².